The molecule has 0 radical (unpaired) electrons. The first-order chi connectivity index (χ1) is 10.1. The second kappa shape index (κ2) is 7.64. The van der Waals surface area contributed by atoms with Crippen molar-refractivity contribution in [2.24, 2.45) is 16.6 Å². The largest absolute Gasteiger partial charge is 0.369 e. The van der Waals surface area contributed by atoms with Crippen LogP contribution in [0.25, 0.3) is 0 Å². The molecule has 0 aromatic rings. The molecule has 1 heterocycles. The van der Waals surface area contributed by atoms with Gasteiger partial charge in [-0.3, -0.25) is 14.7 Å². The van der Waals surface area contributed by atoms with Crippen LogP contribution in [0, 0.1) is 5.92 Å². The lowest BCUT2D eigenvalue weighted by Crippen LogP contribution is -2.50. The highest BCUT2D eigenvalue weighted by Gasteiger charge is 2.36. The van der Waals surface area contributed by atoms with Gasteiger partial charge in [-0.2, -0.15) is 0 Å². The van der Waals surface area contributed by atoms with Gasteiger partial charge in [0.2, 0.25) is 5.91 Å². The second-order valence-electron chi connectivity index (χ2n) is 6.27. The fourth-order valence-electron chi connectivity index (χ4n) is 3.11. The molecule has 120 valence electrons. The average Bonchev–Trinajstić information content (AvgIpc) is 3.18. The van der Waals surface area contributed by atoms with Gasteiger partial charge in [0.05, 0.1) is 6.54 Å². The summed E-state index contributed by atoms with van der Waals surface area (Å²) in [6.07, 6.45) is 5.88. The summed E-state index contributed by atoms with van der Waals surface area (Å²) in [6, 6.07) is 1.04. The molecule has 0 bridgehead atoms. The smallest absolute Gasteiger partial charge is 0.231 e. The number of nitrogens with two attached hydrogens (primary N) is 1. The number of carbonyl (C=O) groups is 1. The van der Waals surface area contributed by atoms with Crippen LogP contribution in [-0.4, -0.2) is 55.5 Å². The SMILES string of the molecule is CCCC1CC1NC(=NC)NC1CCN(CC(N)=O)CC1. The zero-order valence-corrected chi connectivity index (χ0v) is 13.3. The lowest BCUT2D eigenvalue weighted by molar-refractivity contribution is -0.119. The second-order valence-corrected chi connectivity index (χ2v) is 6.27. The zero-order valence-electron chi connectivity index (χ0n) is 13.3. The maximum atomic E-state index is 10.9. The van der Waals surface area contributed by atoms with Crippen LogP contribution in [0.2, 0.25) is 0 Å². The van der Waals surface area contributed by atoms with E-state index in [0.717, 1.165) is 37.8 Å². The molecule has 21 heavy (non-hydrogen) atoms. The van der Waals surface area contributed by atoms with Crippen molar-refractivity contribution in [3.05, 3.63) is 0 Å². The summed E-state index contributed by atoms with van der Waals surface area (Å²) in [4.78, 5) is 17.4. The monoisotopic (exact) mass is 295 g/mol. The minimum Gasteiger partial charge on any atom is -0.369 e. The molecule has 2 aliphatic rings. The lowest BCUT2D eigenvalue weighted by atomic mass is 10.1. The van der Waals surface area contributed by atoms with Crippen molar-refractivity contribution in [2.45, 2.75) is 51.1 Å². The Labute approximate surface area is 127 Å². The van der Waals surface area contributed by atoms with E-state index in [1.165, 1.54) is 19.3 Å². The van der Waals surface area contributed by atoms with Gasteiger partial charge in [0.1, 0.15) is 0 Å². The van der Waals surface area contributed by atoms with Crippen molar-refractivity contribution in [3.8, 4) is 0 Å². The van der Waals surface area contributed by atoms with Gasteiger partial charge < -0.3 is 16.4 Å². The topological polar surface area (TPSA) is 82.8 Å². The van der Waals surface area contributed by atoms with Crippen molar-refractivity contribution in [3.63, 3.8) is 0 Å². The number of guanidine groups is 1. The van der Waals surface area contributed by atoms with Crippen molar-refractivity contribution in [1.82, 2.24) is 15.5 Å². The fourth-order valence-corrected chi connectivity index (χ4v) is 3.11. The Morgan fingerprint density at radius 1 is 1.33 bits per heavy atom. The summed E-state index contributed by atoms with van der Waals surface area (Å²) in [7, 11) is 1.83. The van der Waals surface area contributed by atoms with Gasteiger partial charge in [0, 0.05) is 32.2 Å². The number of carbonyl (C=O) groups excluding carboxylic acids is 1. The van der Waals surface area contributed by atoms with Crippen molar-refractivity contribution >= 4 is 11.9 Å². The maximum Gasteiger partial charge on any atom is 0.231 e. The molecule has 0 aromatic heterocycles. The normalized spacial score (nSPS) is 27.4. The molecule has 0 aromatic carbocycles. The number of aliphatic imine (C=N–C) groups is 1. The van der Waals surface area contributed by atoms with E-state index in [4.69, 9.17) is 5.73 Å². The van der Waals surface area contributed by atoms with Crippen LogP contribution < -0.4 is 16.4 Å². The molecule has 2 unspecified atom stereocenters. The van der Waals surface area contributed by atoms with Gasteiger partial charge in [-0.15, -0.1) is 0 Å². The first-order valence-corrected chi connectivity index (χ1v) is 8.12. The number of amides is 1. The Morgan fingerprint density at radius 2 is 2.05 bits per heavy atom. The Bertz CT molecular complexity index is 376. The molecule has 0 spiro atoms. The van der Waals surface area contributed by atoms with Gasteiger partial charge in [-0.05, 0) is 31.6 Å². The minimum absolute atomic E-state index is 0.241. The van der Waals surface area contributed by atoms with E-state index in [9.17, 15) is 4.79 Å². The summed E-state index contributed by atoms with van der Waals surface area (Å²) in [5.74, 6) is 1.51. The molecule has 1 amide bonds. The Morgan fingerprint density at radius 3 is 2.62 bits per heavy atom. The first kappa shape index (κ1) is 16.1. The predicted molar refractivity (Wildman–Crippen MR) is 85.1 cm³/mol. The number of hydrogen-bond donors (Lipinski definition) is 3. The summed E-state index contributed by atoms with van der Waals surface area (Å²) in [6.45, 7) is 4.45. The number of hydrogen-bond acceptors (Lipinski definition) is 3. The van der Waals surface area contributed by atoms with E-state index in [-0.39, 0.29) is 5.91 Å². The number of nitrogens with zero attached hydrogens (tertiary/aromatic N) is 2. The summed E-state index contributed by atoms with van der Waals surface area (Å²) in [5.41, 5.74) is 5.23. The van der Waals surface area contributed by atoms with Gasteiger partial charge in [0.15, 0.2) is 5.96 Å². The lowest BCUT2D eigenvalue weighted by Gasteiger charge is -2.32. The van der Waals surface area contributed by atoms with Gasteiger partial charge in [-0.25, -0.2) is 0 Å². The highest BCUT2D eigenvalue weighted by molar-refractivity contribution is 5.80. The van der Waals surface area contributed by atoms with Crippen molar-refractivity contribution in [1.29, 1.82) is 0 Å². The molecule has 1 saturated heterocycles. The predicted octanol–water partition coefficient (Wildman–Crippen LogP) is 0.290. The fraction of sp³-hybridized carbons (Fsp3) is 0.867. The number of primary amides is 1. The number of nitrogens with one attached hydrogen (secondary N) is 2. The van der Waals surface area contributed by atoms with E-state index in [1.54, 1.807) is 0 Å². The highest BCUT2D eigenvalue weighted by Crippen LogP contribution is 2.34. The number of piperidine rings is 1. The van der Waals surface area contributed by atoms with Gasteiger partial charge >= 0.3 is 0 Å². The quantitative estimate of drug-likeness (QED) is 0.486. The zero-order chi connectivity index (χ0) is 15.2. The number of rotatable bonds is 6. The van der Waals surface area contributed by atoms with Crippen LogP contribution in [-0.2, 0) is 4.79 Å². The highest BCUT2D eigenvalue weighted by atomic mass is 16.1. The molecule has 1 saturated carbocycles. The van der Waals surface area contributed by atoms with Gasteiger partial charge in [-0.1, -0.05) is 13.3 Å². The summed E-state index contributed by atoms with van der Waals surface area (Å²) >= 11 is 0. The molecule has 6 nitrogen and oxygen atoms in total. The maximum absolute atomic E-state index is 10.9. The minimum atomic E-state index is -0.241. The van der Waals surface area contributed by atoms with E-state index in [1.807, 2.05) is 7.05 Å². The van der Waals surface area contributed by atoms with Crippen molar-refractivity contribution < 1.29 is 4.79 Å². The standard InChI is InChI=1S/C15H29N5O/c1-3-4-11-9-13(11)19-15(17-2)18-12-5-7-20(8-6-12)10-14(16)21/h11-13H,3-10H2,1-2H3,(H2,16,21)(H2,17,18,19). The Balaban J connectivity index is 1.68. The summed E-state index contributed by atoms with van der Waals surface area (Å²) < 4.78 is 0. The molecule has 4 N–H and O–H groups in total. The molecule has 2 fully saturated rings. The Kier molecular flexibility index (Phi) is 5.85. The third kappa shape index (κ3) is 5.19. The van der Waals surface area contributed by atoms with E-state index < -0.39 is 0 Å². The molecule has 2 atom stereocenters. The summed E-state index contributed by atoms with van der Waals surface area (Å²) in [5, 5.41) is 7.03. The van der Waals surface area contributed by atoms with Crippen LogP contribution >= 0.6 is 0 Å². The van der Waals surface area contributed by atoms with Crippen LogP contribution in [0.5, 0.6) is 0 Å². The van der Waals surface area contributed by atoms with E-state index >= 15 is 0 Å². The van der Waals surface area contributed by atoms with E-state index in [2.05, 4.69) is 27.4 Å². The number of likely N-dealkylation sites (tertiary alicyclic amines) is 1. The van der Waals surface area contributed by atoms with E-state index in [0.29, 0.717) is 18.6 Å². The average molecular weight is 295 g/mol. The molecule has 1 aliphatic heterocycles. The Hall–Kier alpha value is -1.30. The van der Waals surface area contributed by atoms with Crippen molar-refractivity contribution in [2.75, 3.05) is 26.7 Å². The third-order valence-electron chi connectivity index (χ3n) is 4.44. The van der Waals surface area contributed by atoms with Gasteiger partial charge in [0.25, 0.3) is 0 Å². The van der Waals surface area contributed by atoms with Crippen LogP contribution in [0.3, 0.4) is 0 Å². The third-order valence-corrected chi connectivity index (χ3v) is 4.44. The molecule has 1 aliphatic carbocycles. The van der Waals surface area contributed by atoms with Crippen LogP contribution in [0.15, 0.2) is 4.99 Å². The first-order valence-electron chi connectivity index (χ1n) is 8.12. The molecule has 6 heteroatoms. The molecular weight excluding hydrogens is 266 g/mol. The van der Waals surface area contributed by atoms with Crippen LogP contribution in [0.4, 0.5) is 0 Å². The molecular formula is C15H29N5O. The van der Waals surface area contributed by atoms with Crippen LogP contribution in [0.1, 0.15) is 39.0 Å². The molecule has 2 rings (SSSR count).